The highest BCUT2D eigenvalue weighted by molar-refractivity contribution is 7.12. The molecule has 2 rings (SSSR count). The molecule has 0 saturated heterocycles. The fourth-order valence-electron chi connectivity index (χ4n) is 2.43. The molecule has 23 heavy (non-hydrogen) atoms. The number of thiophene rings is 1. The lowest BCUT2D eigenvalue weighted by molar-refractivity contribution is -0.149. The third-order valence-corrected chi connectivity index (χ3v) is 4.61. The Balaban J connectivity index is 2.36. The van der Waals surface area contributed by atoms with Crippen molar-refractivity contribution in [1.82, 2.24) is 0 Å². The van der Waals surface area contributed by atoms with E-state index < -0.39 is 6.04 Å². The second kappa shape index (κ2) is 7.62. The maximum absolute atomic E-state index is 12.3. The van der Waals surface area contributed by atoms with E-state index in [2.05, 4.69) is 0 Å². The first-order chi connectivity index (χ1) is 10.9. The van der Waals surface area contributed by atoms with Crippen molar-refractivity contribution in [3.8, 4) is 5.75 Å². The molecule has 0 saturated carbocycles. The Morgan fingerprint density at radius 1 is 1.13 bits per heavy atom. The molecule has 4 nitrogen and oxygen atoms in total. The van der Waals surface area contributed by atoms with Crippen LogP contribution in [0, 0.1) is 6.92 Å². The van der Waals surface area contributed by atoms with Crippen molar-refractivity contribution in [2.24, 2.45) is 5.73 Å². The summed E-state index contributed by atoms with van der Waals surface area (Å²) in [4.78, 5) is 14.5. The molecule has 0 amide bonds. The van der Waals surface area contributed by atoms with Gasteiger partial charge in [-0.15, -0.1) is 11.3 Å². The number of esters is 1. The van der Waals surface area contributed by atoms with Crippen LogP contribution in [-0.4, -0.2) is 25.2 Å². The monoisotopic (exact) mass is 333 g/mol. The van der Waals surface area contributed by atoms with E-state index in [1.54, 1.807) is 18.4 Å². The zero-order valence-corrected chi connectivity index (χ0v) is 14.7. The van der Waals surface area contributed by atoms with Crippen LogP contribution in [0.25, 0.3) is 0 Å². The zero-order valence-electron chi connectivity index (χ0n) is 13.9. The maximum Gasteiger partial charge on any atom is 0.324 e. The molecule has 124 valence electrons. The first-order valence-electron chi connectivity index (χ1n) is 7.58. The lowest BCUT2D eigenvalue weighted by Crippen LogP contribution is -2.39. The van der Waals surface area contributed by atoms with Crippen LogP contribution in [-0.2, 0) is 9.53 Å². The smallest absolute Gasteiger partial charge is 0.324 e. The van der Waals surface area contributed by atoms with Gasteiger partial charge in [-0.1, -0.05) is 12.1 Å². The van der Waals surface area contributed by atoms with Crippen LogP contribution in [0.1, 0.15) is 35.1 Å². The number of hydrogen-bond donors (Lipinski definition) is 1. The Morgan fingerprint density at radius 3 is 2.26 bits per heavy atom. The lowest BCUT2D eigenvalue weighted by atomic mass is 9.90. The molecule has 0 aliphatic carbocycles. The van der Waals surface area contributed by atoms with Gasteiger partial charge in [0.25, 0.3) is 0 Å². The number of carbonyl (C=O) groups is 1. The van der Waals surface area contributed by atoms with E-state index in [-0.39, 0.29) is 18.0 Å². The van der Waals surface area contributed by atoms with Crippen molar-refractivity contribution in [2.45, 2.75) is 38.8 Å². The Kier molecular flexibility index (Phi) is 5.80. The van der Waals surface area contributed by atoms with E-state index in [0.717, 1.165) is 16.2 Å². The van der Waals surface area contributed by atoms with Gasteiger partial charge in [-0.05, 0) is 50.6 Å². The van der Waals surface area contributed by atoms with E-state index in [1.165, 1.54) is 4.88 Å². The fourth-order valence-corrected chi connectivity index (χ4v) is 3.48. The number of carbonyl (C=O) groups excluding carboxylic acids is 1. The Labute approximate surface area is 141 Å². The summed E-state index contributed by atoms with van der Waals surface area (Å²) < 4.78 is 10.5. The standard InChI is InChI=1S/C18H23NO3S/c1-11(2)22-18(20)17(19)16(15-10-5-12(3)23-15)13-6-8-14(21-4)9-7-13/h5-11,16-17H,19H2,1-4H3/t16-,17+/m1/s1. The molecule has 1 heterocycles. The third kappa shape index (κ3) is 4.33. The molecule has 0 aliphatic rings. The molecule has 0 unspecified atom stereocenters. The van der Waals surface area contributed by atoms with Crippen molar-refractivity contribution < 1.29 is 14.3 Å². The van der Waals surface area contributed by atoms with Crippen molar-refractivity contribution >= 4 is 17.3 Å². The summed E-state index contributed by atoms with van der Waals surface area (Å²) >= 11 is 1.65. The minimum absolute atomic E-state index is 0.185. The van der Waals surface area contributed by atoms with Gasteiger partial charge in [-0.3, -0.25) is 4.79 Å². The third-order valence-electron chi connectivity index (χ3n) is 3.53. The van der Waals surface area contributed by atoms with Gasteiger partial charge in [0.15, 0.2) is 0 Å². The lowest BCUT2D eigenvalue weighted by Gasteiger charge is -2.23. The second-order valence-electron chi connectivity index (χ2n) is 5.71. The minimum Gasteiger partial charge on any atom is -0.497 e. The molecule has 2 aromatic rings. The molecule has 0 radical (unpaired) electrons. The van der Waals surface area contributed by atoms with Crippen LogP contribution in [0.3, 0.4) is 0 Å². The molecule has 0 fully saturated rings. The molecule has 5 heteroatoms. The predicted octanol–water partition coefficient (Wildman–Crippen LogP) is 3.48. The van der Waals surface area contributed by atoms with Crippen molar-refractivity contribution in [2.75, 3.05) is 7.11 Å². The maximum atomic E-state index is 12.3. The topological polar surface area (TPSA) is 61.5 Å². The summed E-state index contributed by atoms with van der Waals surface area (Å²) in [6, 6.07) is 11.0. The fraction of sp³-hybridized carbons (Fsp3) is 0.389. The number of nitrogens with two attached hydrogens (primary N) is 1. The average Bonchev–Trinajstić information content (AvgIpc) is 2.93. The molecule has 1 aromatic heterocycles. The van der Waals surface area contributed by atoms with Crippen molar-refractivity contribution in [1.29, 1.82) is 0 Å². The van der Waals surface area contributed by atoms with Crippen molar-refractivity contribution in [3.05, 3.63) is 51.7 Å². The van der Waals surface area contributed by atoms with E-state index in [9.17, 15) is 4.79 Å². The summed E-state index contributed by atoms with van der Waals surface area (Å²) in [6.07, 6.45) is -0.185. The van der Waals surface area contributed by atoms with Gasteiger partial charge in [0, 0.05) is 15.7 Å². The summed E-state index contributed by atoms with van der Waals surface area (Å²) in [5, 5.41) is 0. The molecule has 1 aromatic carbocycles. The number of aryl methyl sites for hydroxylation is 1. The van der Waals surface area contributed by atoms with Crippen LogP contribution < -0.4 is 10.5 Å². The Hall–Kier alpha value is -1.85. The Bertz CT molecular complexity index is 649. The molecule has 0 bridgehead atoms. The van der Waals surface area contributed by atoms with Crippen LogP contribution in [0.2, 0.25) is 0 Å². The molecule has 2 N–H and O–H groups in total. The van der Waals surface area contributed by atoms with Crippen LogP contribution >= 0.6 is 11.3 Å². The molecule has 0 aliphatic heterocycles. The van der Waals surface area contributed by atoms with Crippen molar-refractivity contribution in [3.63, 3.8) is 0 Å². The Morgan fingerprint density at radius 2 is 1.78 bits per heavy atom. The van der Waals surface area contributed by atoms with Gasteiger partial charge >= 0.3 is 5.97 Å². The minimum atomic E-state index is -0.746. The van der Waals surface area contributed by atoms with Gasteiger partial charge < -0.3 is 15.2 Å². The van der Waals surface area contributed by atoms with E-state index in [0.29, 0.717) is 0 Å². The first-order valence-corrected chi connectivity index (χ1v) is 8.40. The van der Waals surface area contributed by atoms with Gasteiger partial charge in [-0.2, -0.15) is 0 Å². The molecule has 0 spiro atoms. The van der Waals surface area contributed by atoms with Crippen LogP contribution in [0.15, 0.2) is 36.4 Å². The quantitative estimate of drug-likeness (QED) is 0.822. The summed E-state index contributed by atoms with van der Waals surface area (Å²) in [5.41, 5.74) is 7.23. The second-order valence-corrected chi connectivity index (χ2v) is 7.03. The SMILES string of the molecule is COc1ccc([C@H](c2ccc(C)s2)[C@H](N)C(=O)OC(C)C)cc1. The van der Waals surface area contributed by atoms with E-state index in [1.807, 2.05) is 57.2 Å². The number of benzene rings is 1. The zero-order chi connectivity index (χ0) is 17.0. The number of methoxy groups -OCH3 is 1. The van der Waals surface area contributed by atoms with E-state index in [4.69, 9.17) is 15.2 Å². The first kappa shape index (κ1) is 17.5. The van der Waals surface area contributed by atoms with Gasteiger partial charge in [0.1, 0.15) is 11.8 Å². The normalized spacial score (nSPS) is 13.7. The van der Waals surface area contributed by atoms with Gasteiger partial charge in [-0.25, -0.2) is 0 Å². The highest BCUT2D eigenvalue weighted by Crippen LogP contribution is 2.33. The van der Waals surface area contributed by atoms with Crippen LogP contribution in [0.4, 0.5) is 0 Å². The van der Waals surface area contributed by atoms with E-state index >= 15 is 0 Å². The molecular formula is C18H23NO3S. The molecular weight excluding hydrogens is 310 g/mol. The van der Waals surface area contributed by atoms with Crippen LogP contribution in [0.5, 0.6) is 5.75 Å². The number of rotatable bonds is 6. The highest BCUT2D eigenvalue weighted by Gasteiger charge is 2.30. The number of ether oxygens (including phenoxy) is 2. The summed E-state index contributed by atoms with van der Waals surface area (Å²) in [5.74, 6) is 0.158. The summed E-state index contributed by atoms with van der Waals surface area (Å²) in [6.45, 7) is 5.68. The largest absolute Gasteiger partial charge is 0.497 e. The highest BCUT2D eigenvalue weighted by atomic mass is 32.1. The average molecular weight is 333 g/mol. The van der Waals surface area contributed by atoms with Gasteiger partial charge in [0.05, 0.1) is 13.2 Å². The summed E-state index contributed by atoms with van der Waals surface area (Å²) in [7, 11) is 1.63. The van der Waals surface area contributed by atoms with Gasteiger partial charge in [0.2, 0.25) is 0 Å². The predicted molar refractivity (Wildman–Crippen MR) is 93.1 cm³/mol. The molecule has 2 atom stereocenters. The number of hydrogen-bond acceptors (Lipinski definition) is 5.